The van der Waals surface area contributed by atoms with Crippen molar-refractivity contribution in [3.63, 3.8) is 0 Å². The van der Waals surface area contributed by atoms with Gasteiger partial charge in [0.1, 0.15) is 6.29 Å². The Labute approximate surface area is 105 Å². The highest BCUT2D eigenvalue weighted by atomic mass is 16.1. The maximum atomic E-state index is 10.2. The predicted molar refractivity (Wildman–Crippen MR) is 73.9 cm³/mol. The Bertz CT molecular complexity index is 367. The van der Waals surface area contributed by atoms with Gasteiger partial charge in [-0.1, -0.05) is 42.7 Å². The van der Waals surface area contributed by atoms with E-state index in [2.05, 4.69) is 26.8 Å². The van der Waals surface area contributed by atoms with Crippen LogP contribution in [0.2, 0.25) is 0 Å². The fraction of sp³-hybridized carbons (Fsp3) is 0.562. The summed E-state index contributed by atoms with van der Waals surface area (Å²) in [5, 5.41) is 0. The van der Waals surface area contributed by atoms with Gasteiger partial charge in [0.2, 0.25) is 0 Å². The molecule has 0 bridgehead atoms. The molecule has 17 heavy (non-hydrogen) atoms. The van der Waals surface area contributed by atoms with E-state index in [9.17, 15) is 4.79 Å². The van der Waals surface area contributed by atoms with E-state index in [0.29, 0.717) is 5.41 Å². The molecule has 0 atom stereocenters. The second-order valence-corrected chi connectivity index (χ2v) is 5.64. The predicted octanol–water partition coefficient (Wildman–Crippen LogP) is 4.60. The van der Waals surface area contributed by atoms with Crippen molar-refractivity contribution in [3.05, 3.63) is 34.9 Å². The van der Waals surface area contributed by atoms with E-state index in [0.717, 1.165) is 12.7 Å². The molecule has 0 aliphatic heterocycles. The number of hydrogen-bond acceptors (Lipinski definition) is 1. The lowest BCUT2D eigenvalue weighted by molar-refractivity contribution is -0.104. The van der Waals surface area contributed by atoms with E-state index in [1.165, 1.54) is 24.8 Å². The maximum absolute atomic E-state index is 10.2. The summed E-state index contributed by atoms with van der Waals surface area (Å²) in [5.74, 6) is 0. The Balaban J connectivity index is 2.79. The Hall–Kier alpha value is -1.11. The molecule has 1 aliphatic carbocycles. The second-order valence-electron chi connectivity index (χ2n) is 5.64. The lowest BCUT2D eigenvalue weighted by Crippen LogP contribution is -2.20. The average Bonchev–Trinajstić information content (AvgIpc) is 2.24. The van der Waals surface area contributed by atoms with Crippen LogP contribution in [0.25, 0.3) is 0 Å². The molecule has 0 radical (unpaired) electrons. The van der Waals surface area contributed by atoms with Crippen LogP contribution in [0.3, 0.4) is 0 Å². The summed E-state index contributed by atoms with van der Waals surface area (Å²) in [4.78, 5) is 10.2. The Morgan fingerprint density at radius 2 is 2.12 bits per heavy atom. The lowest BCUT2D eigenvalue weighted by Gasteiger charge is -2.34. The zero-order valence-electron chi connectivity index (χ0n) is 11.5. The van der Waals surface area contributed by atoms with Gasteiger partial charge in [-0.25, -0.2) is 0 Å². The molecule has 0 aromatic heterocycles. The van der Waals surface area contributed by atoms with Crippen molar-refractivity contribution in [3.8, 4) is 0 Å². The molecule has 0 spiro atoms. The van der Waals surface area contributed by atoms with Crippen LogP contribution in [0, 0.1) is 5.41 Å². The first-order chi connectivity index (χ1) is 7.97. The third kappa shape index (κ3) is 3.99. The van der Waals surface area contributed by atoms with Crippen molar-refractivity contribution in [2.45, 2.75) is 53.4 Å². The topological polar surface area (TPSA) is 17.1 Å². The molecule has 94 valence electrons. The minimum atomic E-state index is 0.341. The summed E-state index contributed by atoms with van der Waals surface area (Å²) in [6, 6.07) is 0. The first-order valence-electron chi connectivity index (χ1n) is 6.45. The minimum Gasteiger partial charge on any atom is -0.299 e. The molecule has 0 N–H and O–H groups in total. The first kappa shape index (κ1) is 14.0. The molecule has 0 amide bonds. The van der Waals surface area contributed by atoms with Crippen LogP contribution in [-0.2, 0) is 4.79 Å². The van der Waals surface area contributed by atoms with Crippen LogP contribution in [0.5, 0.6) is 0 Å². The van der Waals surface area contributed by atoms with Gasteiger partial charge < -0.3 is 0 Å². The fourth-order valence-corrected chi connectivity index (χ4v) is 2.65. The van der Waals surface area contributed by atoms with Crippen LogP contribution < -0.4 is 0 Å². The minimum absolute atomic E-state index is 0.341. The molecule has 0 unspecified atom stereocenters. The molecule has 0 aromatic carbocycles. The quantitative estimate of drug-likeness (QED) is 0.299. The van der Waals surface area contributed by atoms with Crippen LogP contribution in [0.4, 0.5) is 0 Å². The molecule has 0 saturated carbocycles. The van der Waals surface area contributed by atoms with Gasteiger partial charge in [0.15, 0.2) is 0 Å². The van der Waals surface area contributed by atoms with Crippen molar-refractivity contribution in [1.29, 1.82) is 0 Å². The Morgan fingerprint density at radius 3 is 2.71 bits per heavy atom. The fourth-order valence-electron chi connectivity index (χ4n) is 2.65. The van der Waals surface area contributed by atoms with Gasteiger partial charge in [-0.3, -0.25) is 4.79 Å². The summed E-state index contributed by atoms with van der Waals surface area (Å²) in [6.45, 7) is 9.00. The SMILES string of the molecule is CC(C=CC=O)=CCC1=C(C)CCCC1(C)C. The van der Waals surface area contributed by atoms with Crippen molar-refractivity contribution < 1.29 is 4.79 Å². The van der Waals surface area contributed by atoms with Gasteiger partial charge in [-0.05, 0) is 51.0 Å². The number of carbonyl (C=O) groups is 1. The van der Waals surface area contributed by atoms with Crippen LogP contribution >= 0.6 is 0 Å². The molecule has 0 heterocycles. The van der Waals surface area contributed by atoms with Gasteiger partial charge in [0, 0.05) is 0 Å². The molecule has 1 nitrogen and oxygen atoms in total. The molecule has 0 saturated heterocycles. The molecular weight excluding hydrogens is 208 g/mol. The molecule has 0 aromatic rings. The summed E-state index contributed by atoms with van der Waals surface area (Å²) in [5.41, 5.74) is 4.65. The van der Waals surface area contributed by atoms with Crippen LogP contribution in [0.1, 0.15) is 53.4 Å². The third-order valence-electron chi connectivity index (χ3n) is 3.75. The first-order valence-corrected chi connectivity index (χ1v) is 6.45. The number of hydrogen-bond donors (Lipinski definition) is 0. The highest BCUT2D eigenvalue weighted by Crippen LogP contribution is 2.41. The van der Waals surface area contributed by atoms with E-state index >= 15 is 0 Å². The van der Waals surface area contributed by atoms with Gasteiger partial charge in [0.05, 0.1) is 0 Å². The number of carbonyl (C=O) groups excluding carboxylic acids is 1. The Kier molecular flexibility index (Phi) is 4.92. The van der Waals surface area contributed by atoms with E-state index in [1.807, 2.05) is 13.0 Å². The van der Waals surface area contributed by atoms with Crippen molar-refractivity contribution in [2.24, 2.45) is 5.41 Å². The maximum Gasteiger partial charge on any atom is 0.142 e. The van der Waals surface area contributed by atoms with Crippen molar-refractivity contribution >= 4 is 6.29 Å². The van der Waals surface area contributed by atoms with Gasteiger partial charge in [-0.2, -0.15) is 0 Å². The summed E-state index contributed by atoms with van der Waals surface area (Å²) < 4.78 is 0. The Morgan fingerprint density at radius 1 is 1.41 bits per heavy atom. The van der Waals surface area contributed by atoms with Crippen LogP contribution in [0.15, 0.2) is 34.9 Å². The summed E-state index contributed by atoms with van der Waals surface area (Å²) in [6.07, 6.45) is 11.4. The summed E-state index contributed by atoms with van der Waals surface area (Å²) >= 11 is 0. The van der Waals surface area contributed by atoms with E-state index in [-0.39, 0.29) is 0 Å². The largest absolute Gasteiger partial charge is 0.299 e. The van der Waals surface area contributed by atoms with Crippen LogP contribution in [-0.4, -0.2) is 6.29 Å². The monoisotopic (exact) mass is 232 g/mol. The number of allylic oxidation sites excluding steroid dienone is 6. The van der Waals surface area contributed by atoms with Crippen molar-refractivity contribution in [1.82, 2.24) is 0 Å². The smallest absolute Gasteiger partial charge is 0.142 e. The molecule has 1 heteroatoms. The zero-order valence-corrected chi connectivity index (χ0v) is 11.5. The standard InChI is InChI=1S/C16H24O/c1-13(7-6-12-17)9-10-15-14(2)8-5-11-16(15,3)4/h6-7,9,12H,5,8,10-11H2,1-4H3. The van der Waals surface area contributed by atoms with Gasteiger partial charge in [-0.15, -0.1) is 0 Å². The number of aldehydes is 1. The highest BCUT2D eigenvalue weighted by Gasteiger charge is 2.27. The second kappa shape index (κ2) is 6.00. The molecular formula is C16H24O. The highest BCUT2D eigenvalue weighted by molar-refractivity contribution is 5.65. The zero-order chi connectivity index (χ0) is 12.9. The van der Waals surface area contributed by atoms with E-state index in [1.54, 1.807) is 17.2 Å². The molecule has 1 aliphatic rings. The average molecular weight is 232 g/mol. The van der Waals surface area contributed by atoms with E-state index < -0.39 is 0 Å². The third-order valence-corrected chi connectivity index (χ3v) is 3.75. The molecule has 0 fully saturated rings. The summed E-state index contributed by atoms with van der Waals surface area (Å²) in [7, 11) is 0. The van der Waals surface area contributed by atoms with Gasteiger partial charge >= 0.3 is 0 Å². The normalized spacial score (nSPS) is 21.1. The number of rotatable bonds is 4. The molecule has 1 rings (SSSR count). The van der Waals surface area contributed by atoms with Gasteiger partial charge in [0.25, 0.3) is 0 Å². The van der Waals surface area contributed by atoms with E-state index in [4.69, 9.17) is 0 Å². The van der Waals surface area contributed by atoms with Crippen molar-refractivity contribution in [2.75, 3.05) is 0 Å². The lowest BCUT2D eigenvalue weighted by atomic mass is 9.71.